The zero-order valence-electron chi connectivity index (χ0n) is 15.9. The Labute approximate surface area is 164 Å². The predicted molar refractivity (Wildman–Crippen MR) is 109 cm³/mol. The second-order valence-electron chi connectivity index (χ2n) is 6.68. The van der Waals surface area contributed by atoms with Crippen molar-refractivity contribution in [1.29, 1.82) is 0 Å². The number of aromatic amines is 1. The first-order valence-electron chi connectivity index (χ1n) is 9.45. The van der Waals surface area contributed by atoms with Gasteiger partial charge in [0.05, 0.1) is 6.61 Å². The molecule has 2 heterocycles. The number of aromatic nitrogens is 3. The summed E-state index contributed by atoms with van der Waals surface area (Å²) in [5.41, 5.74) is 4.79. The maximum absolute atomic E-state index is 5.57. The average molecular weight is 376 g/mol. The fourth-order valence-electron chi connectivity index (χ4n) is 3.30. The van der Waals surface area contributed by atoms with Crippen molar-refractivity contribution in [3.63, 3.8) is 0 Å². The Morgan fingerprint density at radius 3 is 3.00 bits per heavy atom. The van der Waals surface area contributed by atoms with Crippen LogP contribution in [0.5, 0.6) is 5.75 Å². The van der Waals surface area contributed by atoms with E-state index in [1.165, 1.54) is 17.5 Å². The summed E-state index contributed by atoms with van der Waals surface area (Å²) in [5.74, 6) is 2.58. The molecular formula is C21H24N6O. The number of nitrogens with zero attached hydrogens (tertiary/aromatic N) is 3. The maximum Gasteiger partial charge on any atom is 0.191 e. The molecule has 0 saturated heterocycles. The van der Waals surface area contributed by atoms with Crippen molar-refractivity contribution in [3.05, 3.63) is 65.5 Å². The minimum atomic E-state index is 0.678. The van der Waals surface area contributed by atoms with E-state index in [-0.39, 0.29) is 0 Å². The van der Waals surface area contributed by atoms with E-state index >= 15 is 0 Å². The van der Waals surface area contributed by atoms with Crippen molar-refractivity contribution in [1.82, 2.24) is 25.8 Å². The zero-order chi connectivity index (χ0) is 19.2. The fourth-order valence-corrected chi connectivity index (χ4v) is 3.30. The van der Waals surface area contributed by atoms with Gasteiger partial charge >= 0.3 is 0 Å². The van der Waals surface area contributed by atoms with Crippen LogP contribution in [0, 0.1) is 0 Å². The topological polar surface area (TPSA) is 87.2 Å². The third-order valence-corrected chi connectivity index (χ3v) is 4.76. The molecule has 144 valence electrons. The van der Waals surface area contributed by atoms with E-state index in [4.69, 9.17) is 4.74 Å². The largest absolute Gasteiger partial charge is 0.493 e. The Kier molecular flexibility index (Phi) is 5.51. The SMILES string of the molecule is CN=C(NCCc1ccc2c(c1)CCO2)NCc1cccc(-c2ncn[nH]2)c1. The zero-order valence-corrected chi connectivity index (χ0v) is 15.9. The summed E-state index contributed by atoms with van der Waals surface area (Å²) in [6, 6.07) is 14.7. The van der Waals surface area contributed by atoms with Crippen molar-refractivity contribution in [2.24, 2.45) is 4.99 Å². The van der Waals surface area contributed by atoms with E-state index in [9.17, 15) is 0 Å². The van der Waals surface area contributed by atoms with Gasteiger partial charge in [0.25, 0.3) is 0 Å². The Balaban J connectivity index is 1.28. The number of fused-ring (bicyclic) bond motifs is 1. The molecule has 7 nitrogen and oxygen atoms in total. The van der Waals surface area contributed by atoms with Gasteiger partial charge in [0.1, 0.15) is 12.1 Å². The van der Waals surface area contributed by atoms with Crippen molar-refractivity contribution in [2.45, 2.75) is 19.4 Å². The average Bonchev–Trinajstić information content (AvgIpc) is 3.42. The quantitative estimate of drug-likeness (QED) is 0.454. The lowest BCUT2D eigenvalue weighted by molar-refractivity contribution is 0.357. The van der Waals surface area contributed by atoms with E-state index in [2.05, 4.69) is 61.1 Å². The first-order valence-corrected chi connectivity index (χ1v) is 9.45. The number of aliphatic imine (C=N–C) groups is 1. The van der Waals surface area contributed by atoms with Gasteiger partial charge in [-0.25, -0.2) is 4.98 Å². The van der Waals surface area contributed by atoms with Gasteiger partial charge in [-0.15, -0.1) is 0 Å². The van der Waals surface area contributed by atoms with Crippen LogP contribution in [0.1, 0.15) is 16.7 Å². The Hall–Kier alpha value is -3.35. The van der Waals surface area contributed by atoms with E-state index in [0.717, 1.165) is 54.7 Å². The van der Waals surface area contributed by atoms with Crippen LogP contribution < -0.4 is 15.4 Å². The molecule has 0 unspecified atom stereocenters. The number of hydrogen-bond donors (Lipinski definition) is 3. The van der Waals surface area contributed by atoms with Crippen LogP contribution in [-0.2, 0) is 19.4 Å². The highest BCUT2D eigenvalue weighted by Crippen LogP contribution is 2.25. The molecule has 0 bridgehead atoms. The van der Waals surface area contributed by atoms with Crippen LogP contribution in [-0.4, -0.2) is 41.3 Å². The first-order chi connectivity index (χ1) is 13.8. The summed E-state index contributed by atoms with van der Waals surface area (Å²) in [4.78, 5) is 8.51. The van der Waals surface area contributed by atoms with Gasteiger partial charge in [0.2, 0.25) is 0 Å². The van der Waals surface area contributed by atoms with Gasteiger partial charge in [0.15, 0.2) is 11.8 Å². The molecule has 1 aromatic heterocycles. The normalized spacial score (nSPS) is 13.1. The molecule has 1 aliphatic rings. The van der Waals surface area contributed by atoms with E-state index in [1.807, 2.05) is 12.1 Å². The summed E-state index contributed by atoms with van der Waals surface area (Å²) in [7, 11) is 1.78. The highest BCUT2D eigenvalue weighted by Gasteiger charge is 2.11. The Morgan fingerprint density at radius 1 is 1.18 bits per heavy atom. The first kappa shape index (κ1) is 18.0. The van der Waals surface area contributed by atoms with Gasteiger partial charge in [-0.05, 0) is 35.2 Å². The Morgan fingerprint density at radius 2 is 2.14 bits per heavy atom. The van der Waals surface area contributed by atoms with Crippen LogP contribution in [0.2, 0.25) is 0 Å². The van der Waals surface area contributed by atoms with E-state index in [1.54, 1.807) is 7.05 Å². The van der Waals surface area contributed by atoms with Crippen molar-refractivity contribution in [2.75, 3.05) is 20.2 Å². The van der Waals surface area contributed by atoms with Crippen molar-refractivity contribution in [3.8, 4) is 17.1 Å². The standard InChI is InChI=1S/C21H24N6O/c1-22-21(23-9-7-15-5-6-19-17(11-15)8-10-28-19)24-13-16-3-2-4-18(12-16)20-25-14-26-27-20/h2-6,11-12,14H,7-10,13H2,1H3,(H2,22,23,24)(H,25,26,27). The molecule has 0 atom stereocenters. The third-order valence-electron chi connectivity index (χ3n) is 4.76. The monoisotopic (exact) mass is 376 g/mol. The molecule has 28 heavy (non-hydrogen) atoms. The molecule has 0 amide bonds. The molecular weight excluding hydrogens is 352 g/mol. The van der Waals surface area contributed by atoms with Gasteiger partial charge < -0.3 is 15.4 Å². The summed E-state index contributed by atoms with van der Waals surface area (Å²) in [6.45, 7) is 2.29. The second kappa shape index (κ2) is 8.56. The minimum Gasteiger partial charge on any atom is -0.493 e. The lowest BCUT2D eigenvalue weighted by Gasteiger charge is -2.12. The molecule has 1 aliphatic heterocycles. The summed E-state index contributed by atoms with van der Waals surface area (Å²) < 4.78 is 5.57. The van der Waals surface area contributed by atoms with Crippen LogP contribution in [0.3, 0.4) is 0 Å². The van der Waals surface area contributed by atoms with Gasteiger partial charge in [-0.3, -0.25) is 10.1 Å². The molecule has 0 fully saturated rings. The molecule has 3 N–H and O–H groups in total. The molecule has 0 aliphatic carbocycles. The molecule has 0 saturated carbocycles. The summed E-state index contributed by atoms with van der Waals surface area (Å²) >= 11 is 0. The predicted octanol–water partition coefficient (Wildman–Crippen LogP) is 2.31. The van der Waals surface area contributed by atoms with Gasteiger partial charge in [-0.2, -0.15) is 5.10 Å². The van der Waals surface area contributed by atoms with Crippen LogP contribution in [0.4, 0.5) is 0 Å². The fraction of sp³-hybridized carbons (Fsp3) is 0.286. The highest BCUT2D eigenvalue weighted by atomic mass is 16.5. The smallest absolute Gasteiger partial charge is 0.191 e. The van der Waals surface area contributed by atoms with E-state index < -0.39 is 0 Å². The van der Waals surface area contributed by atoms with E-state index in [0.29, 0.717) is 6.54 Å². The maximum atomic E-state index is 5.57. The van der Waals surface area contributed by atoms with Crippen molar-refractivity contribution < 1.29 is 4.74 Å². The van der Waals surface area contributed by atoms with Crippen LogP contribution in [0.25, 0.3) is 11.4 Å². The van der Waals surface area contributed by atoms with Crippen LogP contribution in [0.15, 0.2) is 53.8 Å². The molecule has 4 rings (SSSR count). The minimum absolute atomic E-state index is 0.678. The summed E-state index contributed by atoms with van der Waals surface area (Å²) in [6.07, 6.45) is 3.46. The molecule has 7 heteroatoms. The number of guanidine groups is 1. The molecule has 0 spiro atoms. The number of nitrogens with one attached hydrogen (secondary N) is 3. The highest BCUT2D eigenvalue weighted by molar-refractivity contribution is 5.79. The number of rotatable bonds is 6. The lowest BCUT2D eigenvalue weighted by atomic mass is 10.1. The van der Waals surface area contributed by atoms with Crippen molar-refractivity contribution >= 4 is 5.96 Å². The lowest BCUT2D eigenvalue weighted by Crippen LogP contribution is -2.37. The van der Waals surface area contributed by atoms with Crippen LogP contribution >= 0.6 is 0 Å². The Bertz CT molecular complexity index is 951. The number of benzene rings is 2. The number of H-pyrrole nitrogens is 1. The molecule has 2 aromatic carbocycles. The van der Waals surface area contributed by atoms with Gasteiger partial charge in [-0.1, -0.05) is 30.3 Å². The number of ether oxygens (including phenoxy) is 1. The molecule has 3 aromatic rings. The van der Waals surface area contributed by atoms with Gasteiger partial charge in [0, 0.05) is 32.1 Å². The number of hydrogen-bond acceptors (Lipinski definition) is 4. The molecule has 0 radical (unpaired) electrons. The second-order valence-corrected chi connectivity index (χ2v) is 6.68. The third kappa shape index (κ3) is 4.31. The summed E-state index contributed by atoms with van der Waals surface area (Å²) in [5, 5.41) is 13.5.